The molecule has 0 saturated carbocycles. The maximum atomic E-state index is 14.4. The van der Waals surface area contributed by atoms with Crippen LogP contribution >= 0.6 is 22.9 Å². The molecule has 6 nitrogen and oxygen atoms in total. The molecule has 0 N–H and O–H groups in total. The first kappa shape index (κ1) is 18.0. The normalized spacial score (nSPS) is 14.4. The van der Waals surface area contributed by atoms with Crippen LogP contribution < -0.4 is 9.64 Å². The van der Waals surface area contributed by atoms with Gasteiger partial charge in [-0.1, -0.05) is 11.6 Å². The summed E-state index contributed by atoms with van der Waals surface area (Å²) >= 11 is 7.11. The second kappa shape index (κ2) is 7.71. The van der Waals surface area contributed by atoms with Gasteiger partial charge in [0.25, 0.3) is 0 Å². The molecular formula is C17H13ClF2N4O2S. The third-order valence-electron chi connectivity index (χ3n) is 3.91. The Labute approximate surface area is 162 Å². The summed E-state index contributed by atoms with van der Waals surface area (Å²) in [6.45, 7) is 2.72. The maximum absolute atomic E-state index is 14.4. The average molecular weight is 411 g/mol. The lowest BCUT2D eigenvalue weighted by Crippen LogP contribution is -2.36. The first-order valence-corrected chi connectivity index (χ1v) is 9.31. The van der Waals surface area contributed by atoms with Gasteiger partial charge >= 0.3 is 0 Å². The molecule has 0 bridgehead atoms. The highest BCUT2D eigenvalue weighted by atomic mass is 35.5. The number of halogens is 3. The van der Waals surface area contributed by atoms with E-state index in [2.05, 4.69) is 20.1 Å². The van der Waals surface area contributed by atoms with Crippen molar-refractivity contribution in [1.29, 1.82) is 0 Å². The van der Waals surface area contributed by atoms with E-state index < -0.39 is 11.6 Å². The van der Waals surface area contributed by atoms with Gasteiger partial charge in [0.1, 0.15) is 0 Å². The first-order valence-electron chi connectivity index (χ1n) is 8.05. The van der Waals surface area contributed by atoms with Crippen molar-refractivity contribution in [3.8, 4) is 22.9 Å². The molecule has 0 spiro atoms. The van der Waals surface area contributed by atoms with Crippen LogP contribution in [0.3, 0.4) is 0 Å². The highest BCUT2D eigenvalue weighted by Crippen LogP contribution is 2.38. The predicted molar refractivity (Wildman–Crippen MR) is 97.6 cm³/mol. The molecule has 27 heavy (non-hydrogen) atoms. The summed E-state index contributed by atoms with van der Waals surface area (Å²) in [5.74, 6) is -2.45. The van der Waals surface area contributed by atoms with Crippen LogP contribution in [0.15, 0.2) is 29.6 Å². The van der Waals surface area contributed by atoms with Gasteiger partial charge in [0.15, 0.2) is 21.9 Å². The SMILES string of the molecule is Fc1ccc(-c2csc(N3CCOCC3)n2)c(Oc2ccc(Cl)nn2)c1F. The molecule has 1 aromatic carbocycles. The third-order valence-corrected chi connectivity index (χ3v) is 5.02. The lowest BCUT2D eigenvalue weighted by atomic mass is 10.1. The predicted octanol–water partition coefficient (Wildman–Crippen LogP) is 4.16. The van der Waals surface area contributed by atoms with E-state index in [1.165, 1.54) is 29.5 Å². The molecule has 0 amide bonds. The Morgan fingerprint density at radius 3 is 2.67 bits per heavy atom. The van der Waals surface area contributed by atoms with E-state index >= 15 is 0 Å². The first-order chi connectivity index (χ1) is 13.1. The molecule has 4 rings (SSSR count). The van der Waals surface area contributed by atoms with E-state index in [9.17, 15) is 8.78 Å². The van der Waals surface area contributed by atoms with E-state index in [1.807, 2.05) is 0 Å². The summed E-state index contributed by atoms with van der Waals surface area (Å²) in [4.78, 5) is 6.64. The minimum Gasteiger partial charge on any atom is -0.434 e. The molecule has 0 radical (unpaired) electrons. The Morgan fingerprint density at radius 2 is 1.93 bits per heavy atom. The van der Waals surface area contributed by atoms with Crippen LogP contribution in [0.25, 0.3) is 11.3 Å². The molecule has 1 aliphatic rings. The Kier molecular flexibility index (Phi) is 5.15. The smallest absolute Gasteiger partial charge is 0.239 e. The summed E-state index contributed by atoms with van der Waals surface area (Å²) in [6.07, 6.45) is 0. The fourth-order valence-electron chi connectivity index (χ4n) is 2.58. The van der Waals surface area contributed by atoms with Crippen LogP contribution in [0.5, 0.6) is 11.6 Å². The van der Waals surface area contributed by atoms with Crippen LogP contribution in [-0.4, -0.2) is 41.5 Å². The van der Waals surface area contributed by atoms with Crippen molar-refractivity contribution in [3.05, 3.63) is 46.4 Å². The summed E-state index contributed by atoms with van der Waals surface area (Å²) < 4.78 is 39.0. The monoisotopic (exact) mass is 410 g/mol. The van der Waals surface area contributed by atoms with Gasteiger partial charge in [-0.05, 0) is 18.2 Å². The summed E-state index contributed by atoms with van der Waals surface area (Å²) in [5.41, 5.74) is 0.804. The van der Waals surface area contributed by atoms with Gasteiger partial charge in [0.2, 0.25) is 11.7 Å². The number of thiazole rings is 1. The molecular weight excluding hydrogens is 398 g/mol. The molecule has 2 aromatic heterocycles. The van der Waals surface area contributed by atoms with Crippen molar-refractivity contribution in [2.45, 2.75) is 0 Å². The molecule has 1 fully saturated rings. The van der Waals surface area contributed by atoms with Gasteiger partial charge in [0.05, 0.1) is 18.9 Å². The Bertz CT molecular complexity index is 949. The van der Waals surface area contributed by atoms with Crippen molar-refractivity contribution < 1.29 is 18.3 Å². The third kappa shape index (κ3) is 3.85. The number of hydrogen-bond acceptors (Lipinski definition) is 7. The van der Waals surface area contributed by atoms with Crippen molar-refractivity contribution in [2.75, 3.05) is 31.2 Å². The molecule has 10 heteroatoms. The fourth-order valence-corrected chi connectivity index (χ4v) is 3.56. The second-order valence-electron chi connectivity index (χ2n) is 5.65. The van der Waals surface area contributed by atoms with Gasteiger partial charge < -0.3 is 14.4 Å². The Hall–Kier alpha value is -2.36. The van der Waals surface area contributed by atoms with Crippen LogP contribution in [-0.2, 0) is 4.74 Å². The number of morpholine rings is 1. The zero-order valence-corrected chi connectivity index (χ0v) is 15.4. The number of anilines is 1. The Balaban J connectivity index is 1.69. The van der Waals surface area contributed by atoms with Crippen molar-refractivity contribution in [1.82, 2.24) is 15.2 Å². The van der Waals surface area contributed by atoms with Crippen LogP contribution in [0.4, 0.5) is 13.9 Å². The van der Waals surface area contributed by atoms with Gasteiger partial charge in [-0.15, -0.1) is 21.5 Å². The van der Waals surface area contributed by atoms with Crippen molar-refractivity contribution >= 4 is 28.1 Å². The molecule has 1 aliphatic heterocycles. The standard InChI is InChI=1S/C17H13ClF2N4O2S/c18-13-3-4-14(23-22-13)26-16-10(1-2-11(19)15(16)20)12-9-27-17(21-12)24-5-7-25-8-6-24/h1-4,9H,5-8H2. The maximum Gasteiger partial charge on any atom is 0.239 e. The molecule has 0 aliphatic carbocycles. The van der Waals surface area contributed by atoms with Gasteiger partial charge in [-0.2, -0.15) is 4.39 Å². The number of rotatable bonds is 4. The fraction of sp³-hybridized carbons (Fsp3) is 0.235. The molecule has 140 valence electrons. The second-order valence-corrected chi connectivity index (χ2v) is 6.87. The molecule has 0 unspecified atom stereocenters. The van der Waals surface area contributed by atoms with Gasteiger partial charge in [-0.3, -0.25) is 0 Å². The van der Waals surface area contributed by atoms with E-state index in [0.29, 0.717) is 24.5 Å². The highest BCUT2D eigenvalue weighted by Gasteiger charge is 2.21. The summed E-state index contributed by atoms with van der Waals surface area (Å²) in [5, 5.41) is 10.1. The quantitative estimate of drug-likeness (QED) is 0.643. The van der Waals surface area contributed by atoms with Crippen molar-refractivity contribution in [2.24, 2.45) is 0 Å². The lowest BCUT2D eigenvalue weighted by molar-refractivity contribution is 0.122. The van der Waals surface area contributed by atoms with E-state index in [1.54, 1.807) is 5.38 Å². The minimum absolute atomic E-state index is 0.00576. The van der Waals surface area contributed by atoms with Crippen LogP contribution in [0.1, 0.15) is 0 Å². The van der Waals surface area contributed by atoms with Gasteiger partial charge in [-0.25, -0.2) is 9.37 Å². The Morgan fingerprint density at radius 1 is 1.11 bits per heavy atom. The van der Waals surface area contributed by atoms with E-state index in [4.69, 9.17) is 21.1 Å². The zero-order chi connectivity index (χ0) is 18.8. The average Bonchev–Trinajstić information content (AvgIpc) is 3.18. The molecule has 1 saturated heterocycles. The van der Waals surface area contributed by atoms with Crippen molar-refractivity contribution in [3.63, 3.8) is 0 Å². The summed E-state index contributed by atoms with van der Waals surface area (Å²) in [7, 11) is 0. The zero-order valence-electron chi connectivity index (χ0n) is 13.9. The number of hydrogen-bond donors (Lipinski definition) is 0. The number of nitrogens with zero attached hydrogens (tertiary/aromatic N) is 4. The molecule has 0 atom stereocenters. The number of aromatic nitrogens is 3. The largest absolute Gasteiger partial charge is 0.434 e. The van der Waals surface area contributed by atoms with Gasteiger partial charge in [0, 0.05) is 30.1 Å². The lowest BCUT2D eigenvalue weighted by Gasteiger charge is -2.26. The minimum atomic E-state index is -1.12. The van der Waals surface area contributed by atoms with Crippen LogP contribution in [0, 0.1) is 11.6 Å². The molecule has 3 aromatic rings. The topological polar surface area (TPSA) is 60.4 Å². The number of benzene rings is 1. The molecule has 3 heterocycles. The van der Waals surface area contributed by atoms with Crippen LogP contribution in [0.2, 0.25) is 5.15 Å². The van der Waals surface area contributed by atoms with E-state index in [-0.39, 0.29) is 16.8 Å². The highest BCUT2D eigenvalue weighted by molar-refractivity contribution is 7.14. The number of ether oxygens (including phenoxy) is 2. The summed E-state index contributed by atoms with van der Waals surface area (Å²) in [6, 6.07) is 5.33. The van der Waals surface area contributed by atoms with E-state index in [0.717, 1.165) is 24.3 Å².